The van der Waals surface area contributed by atoms with Gasteiger partial charge in [-0.1, -0.05) is 26.0 Å². The summed E-state index contributed by atoms with van der Waals surface area (Å²) in [6, 6.07) is 16.1. The van der Waals surface area contributed by atoms with Crippen LogP contribution in [0, 0.1) is 5.92 Å². The van der Waals surface area contributed by atoms with Gasteiger partial charge in [-0.15, -0.1) is 0 Å². The quantitative estimate of drug-likeness (QED) is 0.569. The summed E-state index contributed by atoms with van der Waals surface area (Å²) in [5, 5.41) is 0. The van der Waals surface area contributed by atoms with Crippen molar-refractivity contribution in [3.63, 3.8) is 0 Å². The minimum absolute atomic E-state index is 0.105. The van der Waals surface area contributed by atoms with Crippen LogP contribution in [0.15, 0.2) is 48.5 Å². The first kappa shape index (κ1) is 19.5. The molecule has 1 amide bonds. The molecule has 5 heteroatoms. The molecule has 3 aromatic rings. The molecule has 2 aromatic carbocycles. The van der Waals surface area contributed by atoms with Crippen molar-refractivity contribution in [2.75, 3.05) is 18.1 Å². The first-order valence-electron chi connectivity index (χ1n) is 10.5. The molecular weight excluding hydrogens is 362 g/mol. The number of aromatic nitrogens is 2. The number of fused-ring (bicyclic) bond motifs is 1. The summed E-state index contributed by atoms with van der Waals surface area (Å²) < 4.78 is 7.85. The van der Waals surface area contributed by atoms with Crippen LogP contribution in [0.1, 0.15) is 45.4 Å². The van der Waals surface area contributed by atoms with Crippen LogP contribution in [0.25, 0.3) is 11.0 Å². The minimum atomic E-state index is 0.105. The van der Waals surface area contributed by atoms with Gasteiger partial charge in [0.25, 0.3) is 0 Å². The van der Waals surface area contributed by atoms with E-state index in [0.29, 0.717) is 25.5 Å². The van der Waals surface area contributed by atoms with E-state index in [1.54, 1.807) is 0 Å². The number of para-hydroxylation sites is 2. The van der Waals surface area contributed by atoms with Crippen molar-refractivity contribution in [3.05, 3.63) is 54.4 Å². The predicted molar refractivity (Wildman–Crippen MR) is 117 cm³/mol. The average molecular weight is 392 g/mol. The maximum Gasteiger partial charge on any atom is 0.227 e. The molecule has 2 heterocycles. The van der Waals surface area contributed by atoms with E-state index in [0.717, 1.165) is 41.3 Å². The van der Waals surface area contributed by atoms with Crippen LogP contribution < -0.4 is 9.64 Å². The van der Waals surface area contributed by atoms with Crippen molar-refractivity contribution in [3.8, 4) is 5.75 Å². The fourth-order valence-corrected chi connectivity index (χ4v) is 4.05. The molecule has 1 fully saturated rings. The second-order valence-corrected chi connectivity index (χ2v) is 8.13. The number of hydrogen-bond acceptors (Lipinski definition) is 3. The van der Waals surface area contributed by atoms with Crippen molar-refractivity contribution in [1.82, 2.24) is 9.55 Å². The Bertz CT molecular complexity index is 991. The molecule has 152 valence electrons. The summed E-state index contributed by atoms with van der Waals surface area (Å²) in [6.07, 6.45) is 1.59. The maximum atomic E-state index is 12.8. The summed E-state index contributed by atoms with van der Waals surface area (Å²) in [4.78, 5) is 19.6. The first-order valence-corrected chi connectivity index (χ1v) is 10.5. The normalized spacial score (nSPS) is 16.9. The van der Waals surface area contributed by atoms with Gasteiger partial charge in [-0.3, -0.25) is 4.79 Å². The van der Waals surface area contributed by atoms with Crippen LogP contribution in [0.2, 0.25) is 0 Å². The zero-order chi connectivity index (χ0) is 20.4. The number of rotatable bonds is 7. The molecule has 5 nitrogen and oxygen atoms in total. The topological polar surface area (TPSA) is 47.4 Å². The number of imidazole rings is 1. The number of nitrogens with zero attached hydrogens (tertiary/aromatic N) is 3. The molecule has 1 aliphatic heterocycles. The van der Waals surface area contributed by atoms with Gasteiger partial charge in [0.1, 0.15) is 11.6 Å². The van der Waals surface area contributed by atoms with Gasteiger partial charge in [0, 0.05) is 31.1 Å². The van der Waals surface area contributed by atoms with Crippen LogP contribution in [0.3, 0.4) is 0 Å². The number of ether oxygens (including phenoxy) is 1. The van der Waals surface area contributed by atoms with Crippen LogP contribution in [0.5, 0.6) is 5.75 Å². The van der Waals surface area contributed by atoms with Gasteiger partial charge in [0.05, 0.1) is 17.6 Å². The van der Waals surface area contributed by atoms with Crippen LogP contribution in [-0.2, 0) is 11.3 Å². The number of carbonyl (C=O) groups excluding carboxylic acids is 1. The molecule has 1 unspecified atom stereocenters. The number of aryl methyl sites for hydroxylation is 1. The third kappa shape index (κ3) is 4.00. The largest absolute Gasteiger partial charge is 0.494 e. The Morgan fingerprint density at radius 3 is 2.62 bits per heavy atom. The Morgan fingerprint density at radius 1 is 1.14 bits per heavy atom. The maximum absolute atomic E-state index is 12.8. The Hall–Kier alpha value is -2.82. The summed E-state index contributed by atoms with van der Waals surface area (Å²) in [5.41, 5.74) is 3.10. The van der Waals surface area contributed by atoms with Gasteiger partial charge in [0.2, 0.25) is 5.91 Å². The average Bonchev–Trinajstić information content (AvgIpc) is 3.27. The molecule has 0 aliphatic carbocycles. The summed E-state index contributed by atoms with van der Waals surface area (Å²) in [5.74, 6) is 2.74. The van der Waals surface area contributed by atoms with E-state index in [1.807, 2.05) is 42.2 Å². The van der Waals surface area contributed by atoms with E-state index in [9.17, 15) is 4.79 Å². The summed E-state index contributed by atoms with van der Waals surface area (Å²) in [7, 11) is 0. The number of carbonyl (C=O) groups is 1. The van der Waals surface area contributed by atoms with E-state index in [-0.39, 0.29) is 11.8 Å². The second kappa shape index (κ2) is 8.27. The molecule has 0 radical (unpaired) electrons. The number of benzene rings is 2. The number of amides is 1. The Morgan fingerprint density at radius 2 is 1.90 bits per heavy atom. The Kier molecular flexibility index (Phi) is 5.56. The van der Waals surface area contributed by atoms with Crippen LogP contribution >= 0.6 is 0 Å². The van der Waals surface area contributed by atoms with Crippen molar-refractivity contribution in [2.45, 2.75) is 46.1 Å². The van der Waals surface area contributed by atoms with Gasteiger partial charge in [0.15, 0.2) is 0 Å². The van der Waals surface area contributed by atoms with Crippen molar-refractivity contribution in [2.24, 2.45) is 5.92 Å². The van der Waals surface area contributed by atoms with Crippen molar-refractivity contribution < 1.29 is 9.53 Å². The lowest BCUT2D eigenvalue weighted by atomic mass is 10.1. The molecular formula is C24H29N3O2. The molecule has 0 N–H and O–H groups in total. The first-order chi connectivity index (χ1) is 14.1. The van der Waals surface area contributed by atoms with E-state index in [1.165, 1.54) is 0 Å². The van der Waals surface area contributed by atoms with E-state index < -0.39 is 0 Å². The van der Waals surface area contributed by atoms with Crippen molar-refractivity contribution in [1.29, 1.82) is 0 Å². The molecule has 1 atom stereocenters. The molecule has 1 saturated heterocycles. The predicted octanol–water partition coefficient (Wildman–Crippen LogP) is 5.00. The Balaban J connectivity index is 1.61. The fourth-order valence-electron chi connectivity index (χ4n) is 4.05. The molecule has 0 saturated carbocycles. The standard InChI is InChI=1S/C24H29N3O2/c1-4-29-20-11-9-19(10-12-20)27-16-18(15-23(27)28)24-25-21-7-5-6-8-22(21)26(24)14-13-17(2)3/h5-12,17-18H,4,13-16H2,1-3H3. The summed E-state index contributed by atoms with van der Waals surface area (Å²) in [6.45, 7) is 8.68. The highest BCUT2D eigenvalue weighted by atomic mass is 16.5. The molecule has 0 bridgehead atoms. The third-order valence-corrected chi connectivity index (χ3v) is 5.56. The zero-order valence-corrected chi connectivity index (χ0v) is 17.5. The number of anilines is 1. The minimum Gasteiger partial charge on any atom is -0.494 e. The van der Waals surface area contributed by atoms with E-state index in [4.69, 9.17) is 9.72 Å². The van der Waals surface area contributed by atoms with Crippen LogP contribution in [-0.4, -0.2) is 28.6 Å². The highest BCUT2D eigenvalue weighted by molar-refractivity contribution is 5.96. The zero-order valence-electron chi connectivity index (χ0n) is 17.5. The van der Waals surface area contributed by atoms with E-state index in [2.05, 4.69) is 36.6 Å². The van der Waals surface area contributed by atoms with Crippen molar-refractivity contribution >= 4 is 22.6 Å². The summed E-state index contributed by atoms with van der Waals surface area (Å²) >= 11 is 0. The number of hydrogen-bond donors (Lipinski definition) is 0. The smallest absolute Gasteiger partial charge is 0.227 e. The van der Waals surface area contributed by atoms with Gasteiger partial charge in [-0.25, -0.2) is 4.98 Å². The van der Waals surface area contributed by atoms with Gasteiger partial charge in [-0.05, 0) is 55.7 Å². The molecule has 1 aliphatic rings. The van der Waals surface area contributed by atoms with Gasteiger partial charge in [-0.2, -0.15) is 0 Å². The highest BCUT2D eigenvalue weighted by Gasteiger charge is 2.34. The molecule has 4 rings (SSSR count). The fraction of sp³-hybridized carbons (Fsp3) is 0.417. The monoisotopic (exact) mass is 391 g/mol. The Labute approximate surface area is 172 Å². The van der Waals surface area contributed by atoms with Gasteiger partial charge >= 0.3 is 0 Å². The second-order valence-electron chi connectivity index (χ2n) is 8.13. The highest BCUT2D eigenvalue weighted by Crippen LogP contribution is 2.34. The van der Waals surface area contributed by atoms with Crippen LogP contribution in [0.4, 0.5) is 5.69 Å². The molecule has 1 aromatic heterocycles. The lowest BCUT2D eigenvalue weighted by molar-refractivity contribution is -0.117. The van der Waals surface area contributed by atoms with E-state index >= 15 is 0 Å². The van der Waals surface area contributed by atoms with Gasteiger partial charge < -0.3 is 14.2 Å². The lowest BCUT2D eigenvalue weighted by Crippen LogP contribution is -2.24. The lowest BCUT2D eigenvalue weighted by Gasteiger charge is -2.18. The SMILES string of the molecule is CCOc1ccc(N2CC(c3nc4ccccc4n3CCC(C)C)CC2=O)cc1. The molecule has 29 heavy (non-hydrogen) atoms. The third-order valence-electron chi connectivity index (χ3n) is 5.56. The molecule has 0 spiro atoms.